The summed E-state index contributed by atoms with van der Waals surface area (Å²) in [6.45, 7) is -1.27. The number of para-hydroxylation sites is 1. The maximum Gasteiger partial charge on any atom is 0.422 e. The van der Waals surface area contributed by atoms with Crippen LogP contribution in [0, 0.1) is 0 Å². The molecule has 0 spiro atoms. The highest BCUT2D eigenvalue weighted by atomic mass is 19.1. The van der Waals surface area contributed by atoms with Crippen LogP contribution < -0.4 is 4.74 Å². The molecule has 0 aromatic heterocycles. The summed E-state index contributed by atoms with van der Waals surface area (Å²) in [5.74, 6) is -2.12. The molecular weight excluding hydrogens is 203 g/mol. The van der Waals surface area contributed by atoms with Crippen LogP contribution in [-0.4, -0.2) is 25.2 Å². The van der Waals surface area contributed by atoms with E-state index in [1.54, 1.807) is 18.2 Å². The van der Waals surface area contributed by atoms with E-state index in [1.807, 2.05) is 0 Å². The normalized spacial score (nSPS) is 9.40. The lowest BCUT2D eigenvalue weighted by molar-refractivity contribution is -0.162. The lowest BCUT2D eigenvalue weighted by atomic mass is 10.3. The molecule has 15 heavy (non-hydrogen) atoms. The van der Waals surface area contributed by atoms with Crippen molar-refractivity contribution in [2.45, 2.75) is 0 Å². The third-order valence-electron chi connectivity index (χ3n) is 1.43. The Balaban J connectivity index is 2.45. The minimum Gasteiger partial charge on any atom is -0.454 e. The average molecular weight is 212 g/mol. The summed E-state index contributed by atoms with van der Waals surface area (Å²) in [4.78, 5) is 21.8. The number of halogens is 1. The highest BCUT2D eigenvalue weighted by Gasteiger charge is 2.17. The molecule has 0 aliphatic carbocycles. The van der Waals surface area contributed by atoms with E-state index in [0.29, 0.717) is 0 Å². The number of esters is 2. The van der Waals surface area contributed by atoms with Gasteiger partial charge in [0, 0.05) is 0 Å². The van der Waals surface area contributed by atoms with Crippen LogP contribution in [0.25, 0.3) is 0 Å². The highest BCUT2D eigenvalue weighted by Crippen LogP contribution is 2.08. The Bertz CT molecular complexity index is 337. The van der Waals surface area contributed by atoms with Crippen LogP contribution in [0.1, 0.15) is 0 Å². The molecule has 0 radical (unpaired) electrons. The van der Waals surface area contributed by atoms with Gasteiger partial charge in [-0.25, -0.2) is 14.0 Å². The topological polar surface area (TPSA) is 52.6 Å². The van der Waals surface area contributed by atoms with Gasteiger partial charge in [-0.3, -0.25) is 0 Å². The number of benzene rings is 1. The summed E-state index contributed by atoms with van der Waals surface area (Å²) in [7, 11) is 0. The molecule has 1 aromatic carbocycles. The minimum atomic E-state index is -1.20. The molecule has 5 heteroatoms. The van der Waals surface area contributed by atoms with Crippen molar-refractivity contribution in [3.8, 4) is 5.75 Å². The summed E-state index contributed by atoms with van der Waals surface area (Å²) >= 11 is 0. The molecule has 1 aromatic rings. The fourth-order valence-corrected chi connectivity index (χ4v) is 0.827. The molecule has 1 rings (SSSR count). The van der Waals surface area contributed by atoms with Gasteiger partial charge in [-0.2, -0.15) is 0 Å². The van der Waals surface area contributed by atoms with Crippen LogP contribution in [0.15, 0.2) is 30.3 Å². The van der Waals surface area contributed by atoms with Gasteiger partial charge >= 0.3 is 11.9 Å². The second kappa shape index (κ2) is 5.74. The van der Waals surface area contributed by atoms with Gasteiger partial charge in [-0.05, 0) is 12.1 Å². The van der Waals surface area contributed by atoms with Gasteiger partial charge < -0.3 is 9.47 Å². The third kappa shape index (κ3) is 3.76. The Morgan fingerprint density at radius 3 is 2.40 bits per heavy atom. The molecular formula is C10H9FO4. The fourth-order valence-electron chi connectivity index (χ4n) is 0.827. The predicted octanol–water partition coefficient (Wildman–Crippen LogP) is 1.10. The zero-order valence-electron chi connectivity index (χ0n) is 7.81. The van der Waals surface area contributed by atoms with Crippen molar-refractivity contribution in [3.05, 3.63) is 30.3 Å². The summed E-state index contributed by atoms with van der Waals surface area (Å²) in [6, 6.07) is 8.06. The first-order valence-electron chi connectivity index (χ1n) is 4.24. The molecule has 0 bridgehead atoms. The summed E-state index contributed by atoms with van der Waals surface area (Å²) < 4.78 is 20.5. The average Bonchev–Trinajstić information content (AvgIpc) is 2.27. The van der Waals surface area contributed by atoms with Crippen LogP contribution >= 0.6 is 0 Å². The van der Waals surface area contributed by atoms with E-state index in [1.165, 1.54) is 12.1 Å². The number of hydrogen-bond donors (Lipinski definition) is 0. The molecule has 0 amide bonds. The van der Waals surface area contributed by atoms with E-state index in [2.05, 4.69) is 9.47 Å². The lowest BCUT2D eigenvalue weighted by Crippen LogP contribution is -2.23. The van der Waals surface area contributed by atoms with Crippen LogP contribution in [0.4, 0.5) is 4.39 Å². The van der Waals surface area contributed by atoms with Crippen molar-refractivity contribution in [2.24, 2.45) is 0 Å². The smallest absolute Gasteiger partial charge is 0.422 e. The Hall–Kier alpha value is -1.91. The maximum atomic E-state index is 11.6. The van der Waals surface area contributed by atoms with Gasteiger partial charge in [0.05, 0.1) is 0 Å². The Labute approximate surface area is 85.6 Å². The molecule has 0 heterocycles. The molecule has 0 N–H and O–H groups in total. The van der Waals surface area contributed by atoms with Crippen molar-refractivity contribution in [1.82, 2.24) is 0 Å². The van der Waals surface area contributed by atoms with E-state index in [9.17, 15) is 14.0 Å². The number of hydrogen-bond acceptors (Lipinski definition) is 4. The van der Waals surface area contributed by atoms with Crippen molar-refractivity contribution in [1.29, 1.82) is 0 Å². The van der Waals surface area contributed by atoms with Crippen molar-refractivity contribution >= 4 is 11.9 Å². The first-order valence-corrected chi connectivity index (χ1v) is 4.24. The summed E-state index contributed by atoms with van der Waals surface area (Å²) in [5, 5.41) is 0. The van der Waals surface area contributed by atoms with E-state index in [-0.39, 0.29) is 5.75 Å². The number of rotatable bonds is 3. The summed E-state index contributed by atoms with van der Waals surface area (Å²) in [6.07, 6.45) is 0. The van der Waals surface area contributed by atoms with E-state index >= 15 is 0 Å². The second-order valence-electron chi connectivity index (χ2n) is 2.53. The first-order chi connectivity index (χ1) is 7.24. The first kappa shape index (κ1) is 11.2. The molecule has 0 aliphatic heterocycles. The minimum absolute atomic E-state index is 0.236. The highest BCUT2D eigenvalue weighted by molar-refractivity contribution is 6.30. The monoisotopic (exact) mass is 212 g/mol. The zero-order chi connectivity index (χ0) is 11.1. The van der Waals surface area contributed by atoms with Gasteiger partial charge in [0.1, 0.15) is 19.0 Å². The molecule has 4 nitrogen and oxygen atoms in total. The Kier molecular flexibility index (Phi) is 4.28. The van der Waals surface area contributed by atoms with Gasteiger partial charge in [0.25, 0.3) is 0 Å². The number of carbonyl (C=O) groups is 2. The van der Waals surface area contributed by atoms with E-state index < -0.39 is 25.2 Å². The van der Waals surface area contributed by atoms with Crippen molar-refractivity contribution < 1.29 is 23.5 Å². The SMILES string of the molecule is O=C(OCCF)C(=O)Oc1ccccc1. The summed E-state index contributed by atoms with van der Waals surface area (Å²) in [5.41, 5.74) is 0. The second-order valence-corrected chi connectivity index (χ2v) is 2.53. The number of alkyl halides is 1. The van der Waals surface area contributed by atoms with E-state index in [0.717, 1.165) is 0 Å². The third-order valence-corrected chi connectivity index (χ3v) is 1.43. The number of carbonyl (C=O) groups excluding carboxylic acids is 2. The van der Waals surface area contributed by atoms with Gasteiger partial charge in [0.15, 0.2) is 0 Å². The van der Waals surface area contributed by atoms with Crippen molar-refractivity contribution in [2.75, 3.05) is 13.3 Å². The maximum absolute atomic E-state index is 11.6. The molecule has 0 saturated heterocycles. The number of ether oxygens (including phenoxy) is 2. The van der Waals surface area contributed by atoms with Gasteiger partial charge in [-0.15, -0.1) is 0 Å². The fraction of sp³-hybridized carbons (Fsp3) is 0.200. The Morgan fingerprint density at radius 1 is 1.13 bits per heavy atom. The molecule has 0 unspecified atom stereocenters. The van der Waals surface area contributed by atoms with Crippen LogP contribution in [0.3, 0.4) is 0 Å². The van der Waals surface area contributed by atoms with Crippen molar-refractivity contribution in [3.63, 3.8) is 0 Å². The van der Waals surface area contributed by atoms with Gasteiger partial charge in [-0.1, -0.05) is 18.2 Å². The molecule has 0 aliphatic rings. The predicted molar refractivity (Wildman–Crippen MR) is 49.0 cm³/mol. The van der Waals surface area contributed by atoms with Crippen LogP contribution in [0.2, 0.25) is 0 Å². The van der Waals surface area contributed by atoms with Gasteiger partial charge in [0.2, 0.25) is 0 Å². The molecule has 0 saturated carbocycles. The zero-order valence-corrected chi connectivity index (χ0v) is 7.81. The van der Waals surface area contributed by atoms with E-state index in [4.69, 9.17) is 0 Å². The van der Waals surface area contributed by atoms with Crippen LogP contribution in [0.5, 0.6) is 5.75 Å². The Morgan fingerprint density at radius 2 is 1.80 bits per heavy atom. The standard InChI is InChI=1S/C10H9FO4/c11-6-7-14-9(12)10(13)15-8-4-2-1-3-5-8/h1-5H,6-7H2. The lowest BCUT2D eigenvalue weighted by Gasteiger charge is -2.02. The largest absolute Gasteiger partial charge is 0.454 e. The molecule has 0 atom stereocenters. The molecule has 80 valence electrons. The quantitative estimate of drug-likeness (QED) is 0.427. The molecule has 0 fully saturated rings. The van der Waals surface area contributed by atoms with Crippen LogP contribution in [-0.2, 0) is 14.3 Å².